The average molecular weight is 269 g/mol. The third kappa shape index (κ3) is 4.46. The zero-order chi connectivity index (χ0) is 14.5. The van der Waals surface area contributed by atoms with Crippen molar-refractivity contribution >= 4 is 0 Å². The number of nitrogens with one attached hydrogen (secondary N) is 1. The van der Waals surface area contributed by atoms with Crippen molar-refractivity contribution in [2.45, 2.75) is 78.4 Å². The van der Waals surface area contributed by atoms with Crippen molar-refractivity contribution < 1.29 is 4.74 Å². The molecule has 0 aromatic carbocycles. The second-order valence-corrected chi connectivity index (χ2v) is 6.98. The van der Waals surface area contributed by atoms with E-state index in [0.717, 1.165) is 30.7 Å². The van der Waals surface area contributed by atoms with E-state index in [0.29, 0.717) is 6.04 Å². The SMILES string of the molecule is CCCNC(C1CC(C)CC(C)C1)C(C)(CC)OC. The third-order valence-electron chi connectivity index (χ3n) is 5.13. The van der Waals surface area contributed by atoms with Crippen LogP contribution in [0.15, 0.2) is 0 Å². The van der Waals surface area contributed by atoms with Crippen LogP contribution in [0, 0.1) is 17.8 Å². The van der Waals surface area contributed by atoms with E-state index in [2.05, 4.69) is 39.9 Å². The highest BCUT2D eigenvalue weighted by molar-refractivity contribution is 4.95. The maximum Gasteiger partial charge on any atom is 0.0803 e. The lowest BCUT2D eigenvalue weighted by atomic mass is 9.69. The van der Waals surface area contributed by atoms with Crippen LogP contribution in [0.3, 0.4) is 0 Å². The Morgan fingerprint density at radius 2 is 1.74 bits per heavy atom. The van der Waals surface area contributed by atoms with Gasteiger partial charge < -0.3 is 10.1 Å². The molecule has 2 heteroatoms. The Kier molecular flexibility index (Phi) is 6.82. The maximum absolute atomic E-state index is 5.91. The summed E-state index contributed by atoms with van der Waals surface area (Å²) in [5, 5.41) is 3.80. The molecule has 1 N–H and O–H groups in total. The zero-order valence-electron chi connectivity index (χ0n) is 14.0. The Hall–Kier alpha value is -0.0800. The van der Waals surface area contributed by atoms with Crippen LogP contribution in [0.1, 0.15) is 66.7 Å². The van der Waals surface area contributed by atoms with Crippen LogP contribution in [0.25, 0.3) is 0 Å². The molecule has 0 saturated heterocycles. The molecule has 0 aromatic rings. The Morgan fingerprint density at radius 1 is 1.16 bits per heavy atom. The highest BCUT2D eigenvalue weighted by atomic mass is 16.5. The van der Waals surface area contributed by atoms with Crippen LogP contribution in [0.2, 0.25) is 0 Å². The summed E-state index contributed by atoms with van der Waals surface area (Å²) >= 11 is 0. The van der Waals surface area contributed by atoms with Crippen molar-refractivity contribution in [2.75, 3.05) is 13.7 Å². The van der Waals surface area contributed by atoms with E-state index in [4.69, 9.17) is 4.74 Å². The predicted molar refractivity (Wildman–Crippen MR) is 83.5 cm³/mol. The first-order valence-electron chi connectivity index (χ1n) is 8.25. The van der Waals surface area contributed by atoms with Gasteiger partial charge in [-0.15, -0.1) is 0 Å². The van der Waals surface area contributed by atoms with Gasteiger partial charge in [-0.2, -0.15) is 0 Å². The van der Waals surface area contributed by atoms with Crippen LogP contribution in [0.5, 0.6) is 0 Å². The van der Waals surface area contributed by atoms with E-state index in [1.807, 2.05) is 7.11 Å². The molecule has 0 amide bonds. The molecule has 0 bridgehead atoms. The van der Waals surface area contributed by atoms with E-state index in [1.165, 1.54) is 25.7 Å². The van der Waals surface area contributed by atoms with Gasteiger partial charge in [-0.25, -0.2) is 0 Å². The molecular formula is C17H35NO. The fourth-order valence-electron chi connectivity index (χ4n) is 3.95. The van der Waals surface area contributed by atoms with E-state index in [9.17, 15) is 0 Å². The molecule has 19 heavy (non-hydrogen) atoms. The number of ether oxygens (including phenoxy) is 1. The summed E-state index contributed by atoms with van der Waals surface area (Å²) in [4.78, 5) is 0. The van der Waals surface area contributed by atoms with Gasteiger partial charge in [0.25, 0.3) is 0 Å². The average Bonchev–Trinajstić information content (AvgIpc) is 2.37. The van der Waals surface area contributed by atoms with Gasteiger partial charge in [0.2, 0.25) is 0 Å². The van der Waals surface area contributed by atoms with Gasteiger partial charge in [-0.1, -0.05) is 27.7 Å². The molecule has 0 radical (unpaired) electrons. The fourth-order valence-corrected chi connectivity index (χ4v) is 3.95. The third-order valence-corrected chi connectivity index (χ3v) is 5.13. The molecule has 1 saturated carbocycles. The lowest BCUT2D eigenvalue weighted by Gasteiger charge is -2.45. The fraction of sp³-hybridized carbons (Fsp3) is 1.00. The summed E-state index contributed by atoms with van der Waals surface area (Å²) in [7, 11) is 1.87. The number of rotatable bonds is 7. The molecule has 1 aliphatic rings. The first kappa shape index (κ1) is 17.0. The van der Waals surface area contributed by atoms with Crippen molar-refractivity contribution in [3.8, 4) is 0 Å². The minimum Gasteiger partial charge on any atom is -0.377 e. The summed E-state index contributed by atoms with van der Waals surface area (Å²) in [5.74, 6) is 2.48. The van der Waals surface area contributed by atoms with Gasteiger partial charge in [0.05, 0.1) is 5.60 Å². The van der Waals surface area contributed by atoms with Crippen molar-refractivity contribution in [2.24, 2.45) is 17.8 Å². The van der Waals surface area contributed by atoms with Crippen LogP contribution in [-0.4, -0.2) is 25.3 Å². The summed E-state index contributed by atoms with van der Waals surface area (Å²) in [5.41, 5.74) is -0.0311. The monoisotopic (exact) mass is 269 g/mol. The summed E-state index contributed by atoms with van der Waals surface area (Å²) in [6.07, 6.45) is 6.37. The molecule has 0 aliphatic heterocycles. The van der Waals surface area contributed by atoms with Crippen LogP contribution in [0.4, 0.5) is 0 Å². The van der Waals surface area contributed by atoms with Gasteiger partial charge in [0.15, 0.2) is 0 Å². The van der Waals surface area contributed by atoms with E-state index in [-0.39, 0.29) is 5.60 Å². The summed E-state index contributed by atoms with van der Waals surface area (Å²) in [6.45, 7) is 12.7. The number of hydrogen-bond donors (Lipinski definition) is 1. The van der Waals surface area contributed by atoms with Crippen molar-refractivity contribution in [3.05, 3.63) is 0 Å². The molecule has 4 unspecified atom stereocenters. The van der Waals surface area contributed by atoms with Crippen LogP contribution >= 0.6 is 0 Å². The standard InChI is InChI=1S/C17H35NO/c1-7-9-18-16(17(5,8-2)19-6)15-11-13(3)10-14(4)12-15/h13-16,18H,7-12H2,1-6H3. The minimum absolute atomic E-state index is 0.0311. The molecule has 0 heterocycles. The molecule has 2 nitrogen and oxygen atoms in total. The highest BCUT2D eigenvalue weighted by Gasteiger charge is 2.40. The summed E-state index contributed by atoms with van der Waals surface area (Å²) in [6, 6.07) is 0.493. The van der Waals surface area contributed by atoms with E-state index >= 15 is 0 Å². The van der Waals surface area contributed by atoms with E-state index < -0.39 is 0 Å². The first-order valence-corrected chi connectivity index (χ1v) is 8.25. The van der Waals surface area contributed by atoms with Crippen LogP contribution < -0.4 is 5.32 Å². The largest absolute Gasteiger partial charge is 0.377 e. The first-order chi connectivity index (χ1) is 8.96. The molecule has 1 fully saturated rings. The van der Waals surface area contributed by atoms with Gasteiger partial charge >= 0.3 is 0 Å². The van der Waals surface area contributed by atoms with Crippen LogP contribution in [-0.2, 0) is 4.74 Å². The van der Waals surface area contributed by atoms with Crippen molar-refractivity contribution in [3.63, 3.8) is 0 Å². The Morgan fingerprint density at radius 3 is 2.16 bits per heavy atom. The van der Waals surface area contributed by atoms with Gasteiger partial charge in [0.1, 0.15) is 0 Å². The normalized spacial score (nSPS) is 32.8. The topological polar surface area (TPSA) is 21.3 Å². The van der Waals surface area contributed by atoms with Gasteiger partial charge in [-0.05, 0) is 63.3 Å². The summed E-state index contributed by atoms with van der Waals surface area (Å²) < 4.78 is 5.91. The molecular weight excluding hydrogens is 234 g/mol. The number of methoxy groups -OCH3 is 1. The van der Waals surface area contributed by atoms with Gasteiger partial charge in [0, 0.05) is 13.2 Å². The smallest absolute Gasteiger partial charge is 0.0803 e. The Balaban J connectivity index is 2.82. The van der Waals surface area contributed by atoms with Crippen molar-refractivity contribution in [1.82, 2.24) is 5.32 Å². The van der Waals surface area contributed by atoms with Gasteiger partial charge in [-0.3, -0.25) is 0 Å². The Labute approximate surface area is 120 Å². The van der Waals surface area contributed by atoms with E-state index in [1.54, 1.807) is 0 Å². The second-order valence-electron chi connectivity index (χ2n) is 6.98. The molecule has 1 aliphatic carbocycles. The number of hydrogen-bond acceptors (Lipinski definition) is 2. The molecule has 0 spiro atoms. The van der Waals surface area contributed by atoms with Crippen molar-refractivity contribution in [1.29, 1.82) is 0 Å². The quantitative estimate of drug-likeness (QED) is 0.746. The molecule has 4 atom stereocenters. The lowest BCUT2D eigenvalue weighted by molar-refractivity contribution is -0.0553. The molecule has 1 rings (SSSR count). The lowest BCUT2D eigenvalue weighted by Crippen LogP contribution is -2.55. The zero-order valence-corrected chi connectivity index (χ0v) is 14.0. The highest BCUT2D eigenvalue weighted by Crippen LogP contribution is 2.39. The maximum atomic E-state index is 5.91. The second kappa shape index (κ2) is 7.64. The Bertz CT molecular complexity index is 240. The molecule has 114 valence electrons. The predicted octanol–water partition coefficient (Wildman–Crippen LogP) is 4.24. The minimum atomic E-state index is -0.0311. The molecule has 0 aromatic heterocycles.